The topological polar surface area (TPSA) is 57.8 Å². The number of hydrogen-bond acceptors (Lipinski definition) is 2. The van der Waals surface area contributed by atoms with Crippen molar-refractivity contribution < 1.29 is 4.79 Å². The van der Waals surface area contributed by atoms with E-state index in [0.29, 0.717) is 17.1 Å². The highest BCUT2D eigenvalue weighted by Crippen LogP contribution is 2.22. The molecule has 4 rings (SSSR count). The van der Waals surface area contributed by atoms with Crippen molar-refractivity contribution in [2.75, 3.05) is 6.54 Å². The van der Waals surface area contributed by atoms with Crippen LogP contribution in [0.2, 0.25) is 5.02 Å². The van der Waals surface area contributed by atoms with Crippen molar-refractivity contribution in [3.05, 3.63) is 89.3 Å². The molecule has 4 nitrogen and oxygen atoms in total. The first-order valence-electron chi connectivity index (χ1n) is 8.75. The molecule has 1 amide bonds. The number of aromatic amines is 1. The lowest BCUT2D eigenvalue weighted by Crippen LogP contribution is -2.25. The van der Waals surface area contributed by atoms with Crippen molar-refractivity contribution in [3.8, 4) is 11.1 Å². The van der Waals surface area contributed by atoms with E-state index in [2.05, 4.69) is 15.3 Å². The summed E-state index contributed by atoms with van der Waals surface area (Å²) in [6.45, 7) is 0.560. The Balaban J connectivity index is 1.38. The molecule has 0 radical (unpaired) electrons. The van der Waals surface area contributed by atoms with Crippen molar-refractivity contribution >= 4 is 28.4 Å². The molecule has 0 fully saturated rings. The number of nitrogens with one attached hydrogen (secondary N) is 2. The summed E-state index contributed by atoms with van der Waals surface area (Å²) in [7, 11) is 0. The van der Waals surface area contributed by atoms with Crippen LogP contribution in [0.15, 0.2) is 73.2 Å². The molecule has 0 atom stereocenters. The maximum atomic E-state index is 12.4. The monoisotopic (exact) mass is 375 g/mol. The van der Waals surface area contributed by atoms with E-state index in [1.807, 2.05) is 60.8 Å². The second-order valence-corrected chi connectivity index (χ2v) is 6.76. The molecule has 0 aliphatic heterocycles. The number of nitrogens with zero attached hydrogens (tertiary/aromatic N) is 1. The van der Waals surface area contributed by atoms with Crippen LogP contribution in [-0.4, -0.2) is 22.4 Å². The molecule has 0 aliphatic carbocycles. The van der Waals surface area contributed by atoms with E-state index in [-0.39, 0.29) is 5.91 Å². The maximum Gasteiger partial charge on any atom is 0.251 e. The smallest absolute Gasteiger partial charge is 0.251 e. The number of hydrogen-bond donors (Lipinski definition) is 2. The Kier molecular flexibility index (Phi) is 4.90. The van der Waals surface area contributed by atoms with Gasteiger partial charge in [0.05, 0.1) is 0 Å². The number of fused-ring (bicyclic) bond motifs is 1. The van der Waals surface area contributed by atoms with Gasteiger partial charge in [-0.1, -0.05) is 23.7 Å². The van der Waals surface area contributed by atoms with Gasteiger partial charge in [-0.3, -0.25) is 9.78 Å². The third-order valence-electron chi connectivity index (χ3n) is 4.57. The van der Waals surface area contributed by atoms with Gasteiger partial charge in [0.15, 0.2) is 0 Å². The Morgan fingerprint density at radius 3 is 2.52 bits per heavy atom. The van der Waals surface area contributed by atoms with Crippen LogP contribution >= 0.6 is 11.6 Å². The molecule has 0 bridgehead atoms. The van der Waals surface area contributed by atoms with Gasteiger partial charge in [0.25, 0.3) is 5.91 Å². The summed E-state index contributed by atoms with van der Waals surface area (Å²) in [5, 5.41) is 4.79. The van der Waals surface area contributed by atoms with E-state index in [0.717, 1.165) is 34.0 Å². The Morgan fingerprint density at radius 2 is 1.74 bits per heavy atom. The van der Waals surface area contributed by atoms with Gasteiger partial charge in [0, 0.05) is 46.6 Å². The van der Waals surface area contributed by atoms with Crippen LogP contribution in [-0.2, 0) is 6.42 Å². The third kappa shape index (κ3) is 3.86. The van der Waals surface area contributed by atoms with E-state index >= 15 is 0 Å². The largest absolute Gasteiger partial charge is 0.361 e. The summed E-state index contributed by atoms with van der Waals surface area (Å²) in [6, 6.07) is 17.3. The highest BCUT2D eigenvalue weighted by Gasteiger charge is 2.08. The number of H-pyrrole nitrogens is 1. The average Bonchev–Trinajstić information content (AvgIpc) is 3.11. The fraction of sp³-hybridized carbons (Fsp3) is 0.0909. The van der Waals surface area contributed by atoms with Crippen LogP contribution < -0.4 is 5.32 Å². The standard InChI is InChI=1S/C22H18ClN3O/c23-19-5-6-21-20(13-19)18(14-26-21)9-12-25-22(27)17-3-1-15(2-4-17)16-7-10-24-11-8-16/h1-8,10-11,13-14,26H,9,12H2,(H,25,27). The zero-order valence-corrected chi connectivity index (χ0v) is 15.3. The number of carbonyl (C=O) groups excluding carboxylic acids is 1. The van der Waals surface area contributed by atoms with Crippen molar-refractivity contribution in [1.82, 2.24) is 15.3 Å². The van der Waals surface area contributed by atoms with E-state index in [4.69, 9.17) is 11.6 Å². The summed E-state index contributed by atoms with van der Waals surface area (Å²) < 4.78 is 0. The fourth-order valence-corrected chi connectivity index (χ4v) is 3.30. The predicted molar refractivity (Wildman–Crippen MR) is 109 cm³/mol. The number of amides is 1. The zero-order valence-electron chi connectivity index (χ0n) is 14.6. The molecule has 0 saturated heterocycles. The molecule has 134 valence electrons. The Labute approximate surface area is 162 Å². The molecular weight excluding hydrogens is 358 g/mol. The van der Waals surface area contributed by atoms with Gasteiger partial charge in [-0.05, 0) is 65.6 Å². The highest BCUT2D eigenvalue weighted by molar-refractivity contribution is 6.31. The lowest BCUT2D eigenvalue weighted by Gasteiger charge is -2.06. The molecule has 0 unspecified atom stereocenters. The molecule has 5 heteroatoms. The molecule has 2 N–H and O–H groups in total. The minimum absolute atomic E-state index is 0.0749. The molecular formula is C22H18ClN3O. The van der Waals surface area contributed by atoms with Gasteiger partial charge >= 0.3 is 0 Å². The minimum atomic E-state index is -0.0749. The van der Waals surface area contributed by atoms with Gasteiger partial charge in [-0.25, -0.2) is 0 Å². The average molecular weight is 376 g/mol. The van der Waals surface area contributed by atoms with Crippen molar-refractivity contribution in [3.63, 3.8) is 0 Å². The van der Waals surface area contributed by atoms with Crippen LogP contribution in [0.3, 0.4) is 0 Å². The first kappa shape index (κ1) is 17.3. The molecule has 0 aliphatic rings. The van der Waals surface area contributed by atoms with Gasteiger partial charge in [-0.2, -0.15) is 0 Å². The molecule has 0 saturated carbocycles. The molecule has 0 spiro atoms. The van der Waals surface area contributed by atoms with Crippen molar-refractivity contribution in [1.29, 1.82) is 0 Å². The molecule has 2 heterocycles. The summed E-state index contributed by atoms with van der Waals surface area (Å²) in [6.07, 6.45) is 6.22. The molecule has 27 heavy (non-hydrogen) atoms. The summed E-state index contributed by atoms with van der Waals surface area (Å²) in [4.78, 5) is 19.6. The lowest BCUT2D eigenvalue weighted by atomic mass is 10.0. The number of carbonyl (C=O) groups is 1. The molecule has 2 aromatic carbocycles. The number of pyridine rings is 1. The van der Waals surface area contributed by atoms with Crippen LogP contribution in [0.25, 0.3) is 22.0 Å². The summed E-state index contributed by atoms with van der Waals surface area (Å²) in [5.41, 5.74) is 4.97. The predicted octanol–water partition coefficient (Wildman–Crippen LogP) is 4.86. The van der Waals surface area contributed by atoms with E-state index < -0.39 is 0 Å². The second kappa shape index (κ2) is 7.64. The van der Waals surface area contributed by atoms with Crippen molar-refractivity contribution in [2.24, 2.45) is 0 Å². The Hall–Kier alpha value is -3.11. The van der Waals surface area contributed by atoms with Crippen LogP contribution in [0.4, 0.5) is 0 Å². The second-order valence-electron chi connectivity index (χ2n) is 6.32. The van der Waals surface area contributed by atoms with Crippen LogP contribution in [0, 0.1) is 0 Å². The summed E-state index contributed by atoms with van der Waals surface area (Å²) in [5.74, 6) is -0.0749. The van der Waals surface area contributed by atoms with Gasteiger partial charge < -0.3 is 10.3 Å². The van der Waals surface area contributed by atoms with Gasteiger partial charge in [-0.15, -0.1) is 0 Å². The number of aromatic nitrogens is 2. The number of halogens is 1. The normalized spacial score (nSPS) is 10.9. The number of benzene rings is 2. The SMILES string of the molecule is O=C(NCCc1c[nH]c2ccc(Cl)cc12)c1ccc(-c2ccncc2)cc1. The maximum absolute atomic E-state index is 12.4. The Morgan fingerprint density at radius 1 is 1.00 bits per heavy atom. The van der Waals surface area contributed by atoms with E-state index in [1.54, 1.807) is 12.4 Å². The first-order valence-corrected chi connectivity index (χ1v) is 9.13. The third-order valence-corrected chi connectivity index (χ3v) is 4.81. The van der Waals surface area contributed by atoms with Gasteiger partial charge in [0.2, 0.25) is 0 Å². The van der Waals surface area contributed by atoms with Crippen molar-refractivity contribution in [2.45, 2.75) is 6.42 Å². The van der Waals surface area contributed by atoms with Crippen LogP contribution in [0.1, 0.15) is 15.9 Å². The van der Waals surface area contributed by atoms with Crippen LogP contribution in [0.5, 0.6) is 0 Å². The summed E-state index contributed by atoms with van der Waals surface area (Å²) >= 11 is 6.08. The zero-order chi connectivity index (χ0) is 18.6. The lowest BCUT2D eigenvalue weighted by molar-refractivity contribution is 0.0954. The van der Waals surface area contributed by atoms with E-state index in [9.17, 15) is 4.79 Å². The quantitative estimate of drug-likeness (QED) is 0.523. The molecule has 4 aromatic rings. The molecule has 2 aromatic heterocycles. The number of rotatable bonds is 5. The fourth-order valence-electron chi connectivity index (χ4n) is 3.13. The van der Waals surface area contributed by atoms with E-state index in [1.165, 1.54) is 0 Å². The minimum Gasteiger partial charge on any atom is -0.361 e. The van der Waals surface area contributed by atoms with Gasteiger partial charge in [0.1, 0.15) is 0 Å². The first-order chi connectivity index (χ1) is 13.2. The highest BCUT2D eigenvalue weighted by atomic mass is 35.5. The Bertz CT molecular complexity index is 1070.